The minimum Gasteiger partial charge on any atom is -0.508 e. The van der Waals surface area contributed by atoms with Crippen molar-refractivity contribution in [2.75, 3.05) is 13.1 Å². The Hall–Kier alpha value is -1.06. The van der Waals surface area contributed by atoms with Crippen molar-refractivity contribution in [3.05, 3.63) is 29.8 Å². The standard InChI is InChI=1S/C15H24N2O/c1-4-13-9-16-15(2,3)11-17(13)10-12-5-7-14(18)8-6-12/h5-8,13,16,18H,4,9-11H2,1-3H3. The predicted molar refractivity (Wildman–Crippen MR) is 74.7 cm³/mol. The fourth-order valence-corrected chi connectivity index (χ4v) is 2.64. The Bertz CT molecular complexity index is 386. The fraction of sp³-hybridized carbons (Fsp3) is 0.600. The number of hydrogen-bond donors (Lipinski definition) is 2. The van der Waals surface area contributed by atoms with E-state index in [1.165, 1.54) is 12.0 Å². The number of nitrogens with zero attached hydrogens (tertiary/aromatic N) is 1. The molecule has 3 heteroatoms. The molecular weight excluding hydrogens is 224 g/mol. The van der Waals surface area contributed by atoms with Crippen LogP contribution < -0.4 is 5.32 Å². The number of rotatable bonds is 3. The van der Waals surface area contributed by atoms with Gasteiger partial charge in [-0.2, -0.15) is 0 Å². The van der Waals surface area contributed by atoms with E-state index >= 15 is 0 Å². The number of aromatic hydroxyl groups is 1. The average molecular weight is 248 g/mol. The number of hydrogen-bond acceptors (Lipinski definition) is 3. The molecule has 2 rings (SSSR count). The second-order valence-corrected chi connectivity index (χ2v) is 5.90. The van der Waals surface area contributed by atoms with Crippen LogP contribution in [0.25, 0.3) is 0 Å². The summed E-state index contributed by atoms with van der Waals surface area (Å²) in [5.41, 5.74) is 1.45. The third-order valence-corrected chi connectivity index (χ3v) is 3.72. The van der Waals surface area contributed by atoms with Gasteiger partial charge >= 0.3 is 0 Å². The molecule has 2 N–H and O–H groups in total. The van der Waals surface area contributed by atoms with Crippen LogP contribution in [0.1, 0.15) is 32.8 Å². The van der Waals surface area contributed by atoms with Gasteiger partial charge in [0.25, 0.3) is 0 Å². The minimum atomic E-state index is 0.183. The molecule has 1 atom stereocenters. The minimum absolute atomic E-state index is 0.183. The third-order valence-electron chi connectivity index (χ3n) is 3.72. The maximum atomic E-state index is 9.32. The molecule has 0 aromatic heterocycles. The van der Waals surface area contributed by atoms with Crippen LogP contribution in [0, 0.1) is 0 Å². The summed E-state index contributed by atoms with van der Waals surface area (Å²) >= 11 is 0. The molecule has 18 heavy (non-hydrogen) atoms. The fourth-order valence-electron chi connectivity index (χ4n) is 2.64. The zero-order valence-electron chi connectivity index (χ0n) is 11.6. The molecule has 0 saturated carbocycles. The van der Waals surface area contributed by atoms with Crippen LogP contribution in [0.15, 0.2) is 24.3 Å². The topological polar surface area (TPSA) is 35.5 Å². The van der Waals surface area contributed by atoms with Gasteiger partial charge in [-0.15, -0.1) is 0 Å². The Morgan fingerprint density at radius 3 is 2.61 bits per heavy atom. The second kappa shape index (κ2) is 5.29. The van der Waals surface area contributed by atoms with Crippen LogP contribution in [0.5, 0.6) is 5.75 Å². The van der Waals surface area contributed by atoms with Gasteiger partial charge in [-0.1, -0.05) is 19.1 Å². The first-order chi connectivity index (χ1) is 8.50. The van der Waals surface area contributed by atoms with Gasteiger partial charge in [-0.3, -0.25) is 4.90 Å². The summed E-state index contributed by atoms with van der Waals surface area (Å²) in [5, 5.41) is 12.9. The Kier molecular flexibility index (Phi) is 3.93. The number of piperazine rings is 1. The lowest BCUT2D eigenvalue weighted by molar-refractivity contribution is 0.0858. The summed E-state index contributed by atoms with van der Waals surface area (Å²) in [7, 11) is 0. The third kappa shape index (κ3) is 3.24. The van der Waals surface area contributed by atoms with Crippen LogP contribution in [-0.2, 0) is 6.54 Å². The Balaban J connectivity index is 2.07. The lowest BCUT2D eigenvalue weighted by Gasteiger charge is -2.44. The zero-order chi connectivity index (χ0) is 13.2. The van der Waals surface area contributed by atoms with Gasteiger partial charge in [0.05, 0.1) is 0 Å². The lowest BCUT2D eigenvalue weighted by atomic mass is 9.97. The predicted octanol–water partition coefficient (Wildman–Crippen LogP) is 2.35. The highest BCUT2D eigenvalue weighted by Gasteiger charge is 2.31. The van der Waals surface area contributed by atoms with Gasteiger partial charge in [0.15, 0.2) is 0 Å². The largest absolute Gasteiger partial charge is 0.508 e. The molecule has 0 amide bonds. The molecule has 1 aromatic carbocycles. The lowest BCUT2D eigenvalue weighted by Crippen LogP contribution is -2.60. The molecule has 1 unspecified atom stereocenters. The molecule has 1 fully saturated rings. The monoisotopic (exact) mass is 248 g/mol. The highest BCUT2D eigenvalue weighted by atomic mass is 16.3. The van der Waals surface area contributed by atoms with Crippen molar-refractivity contribution < 1.29 is 5.11 Å². The molecule has 0 radical (unpaired) electrons. The van der Waals surface area contributed by atoms with Gasteiger partial charge in [0.1, 0.15) is 5.75 Å². The van der Waals surface area contributed by atoms with E-state index in [0.717, 1.165) is 19.6 Å². The van der Waals surface area contributed by atoms with E-state index in [1.807, 2.05) is 12.1 Å². The van der Waals surface area contributed by atoms with Crippen LogP contribution in [0.4, 0.5) is 0 Å². The molecular formula is C15H24N2O. The highest BCUT2D eigenvalue weighted by Crippen LogP contribution is 2.20. The van der Waals surface area contributed by atoms with E-state index in [2.05, 4.69) is 31.0 Å². The van der Waals surface area contributed by atoms with E-state index in [-0.39, 0.29) is 5.54 Å². The SMILES string of the molecule is CCC1CNC(C)(C)CN1Cc1ccc(O)cc1. The van der Waals surface area contributed by atoms with Gasteiger partial charge in [-0.05, 0) is 38.0 Å². The van der Waals surface area contributed by atoms with Crippen molar-refractivity contribution in [1.82, 2.24) is 10.2 Å². The summed E-state index contributed by atoms with van der Waals surface area (Å²) in [6.45, 7) is 9.83. The van der Waals surface area contributed by atoms with E-state index in [0.29, 0.717) is 11.8 Å². The van der Waals surface area contributed by atoms with Gasteiger partial charge in [-0.25, -0.2) is 0 Å². The molecule has 0 spiro atoms. The van der Waals surface area contributed by atoms with E-state index in [4.69, 9.17) is 0 Å². The van der Waals surface area contributed by atoms with Crippen LogP contribution in [0.2, 0.25) is 0 Å². The highest BCUT2D eigenvalue weighted by molar-refractivity contribution is 5.26. The van der Waals surface area contributed by atoms with Crippen LogP contribution >= 0.6 is 0 Å². The molecule has 1 aromatic rings. The van der Waals surface area contributed by atoms with Gasteiger partial charge < -0.3 is 10.4 Å². The number of phenols is 1. The van der Waals surface area contributed by atoms with E-state index in [1.54, 1.807) is 12.1 Å². The van der Waals surface area contributed by atoms with E-state index < -0.39 is 0 Å². The quantitative estimate of drug-likeness (QED) is 0.862. The van der Waals surface area contributed by atoms with Gasteiger partial charge in [0.2, 0.25) is 0 Å². The summed E-state index contributed by atoms with van der Waals surface area (Å²) in [4.78, 5) is 2.54. The zero-order valence-corrected chi connectivity index (χ0v) is 11.6. The van der Waals surface area contributed by atoms with Crippen LogP contribution in [0.3, 0.4) is 0 Å². The van der Waals surface area contributed by atoms with Crippen molar-refractivity contribution in [3.8, 4) is 5.75 Å². The van der Waals surface area contributed by atoms with E-state index in [9.17, 15) is 5.11 Å². The summed E-state index contributed by atoms with van der Waals surface area (Å²) in [5.74, 6) is 0.339. The van der Waals surface area contributed by atoms with Crippen molar-refractivity contribution in [2.24, 2.45) is 0 Å². The summed E-state index contributed by atoms with van der Waals surface area (Å²) in [6.07, 6.45) is 1.17. The Morgan fingerprint density at radius 2 is 2.00 bits per heavy atom. The summed E-state index contributed by atoms with van der Waals surface area (Å²) < 4.78 is 0. The normalized spacial score (nSPS) is 24.1. The first kappa shape index (κ1) is 13.4. The molecule has 3 nitrogen and oxygen atoms in total. The number of benzene rings is 1. The Labute approximate surface area is 110 Å². The molecule has 0 bridgehead atoms. The molecule has 1 saturated heterocycles. The number of nitrogens with one attached hydrogen (secondary N) is 1. The first-order valence-electron chi connectivity index (χ1n) is 6.77. The molecule has 1 heterocycles. The molecule has 0 aliphatic carbocycles. The van der Waals surface area contributed by atoms with Crippen molar-refractivity contribution >= 4 is 0 Å². The maximum Gasteiger partial charge on any atom is 0.115 e. The van der Waals surface area contributed by atoms with Crippen LogP contribution in [-0.4, -0.2) is 34.7 Å². The first-order valence-corrected chi connectivity index (χ1v) is 6.77. The number of phenolic OH excluding ortho intramolecular Hbond substituents is 1. The smallest absolute Gasteiger partial charge is 0.115 e. The van der Waals surface area contributed by atoms with Gasteiger partial charge in [0, 0.05) is 31.2 Å². The average Bonchev–Trinajstić information content (AvgIpc) is 2.31. The van der Waals surface area contributed by atoms with Crippen molar-refractivity contribution in [2.45, 2.75) is 45.3 Å². The molecule has 1 aliphatic rings. The molecule has 100 valence electrons. The molecule has 1 aliphatic heterocycles. The summed E-state index contributed by atoms with van der Waals surface area (Å²) in [6, 6.07) is 8.16. The van der Waals surface area contributed by atoms with Crippen molar-refractivity contribution in [3.63, 3.8) is 0 Å². The van der Waals surface area contributed by atoms with Crippen molar-refractivity contribution in [1.29, 1.82) is 0 Å². The second-order valence-electron chi connectivity index (χ2n) is 5.90. The maximum absolute atomic E-state index is 9.32. The Morgan fingerprint density at radius 1 is 1.33 bits per heavy atom.